The number of imide groups is 1. The molecule has 2 aliphatic rings. The molecular formula is C11H17N3O3. The number of nitrogens with two attached hydrogens (primary N) is 1. The molecule has 0 aliphatic carbocycles. The van der Waals surface area contributed by atoms with E-state index in [1.165, 1.54) is 7.05 Å². The van der Waals surface area contributed by atoms with Gasteiger partial charge in [-0.2, -0.15) is 0 Å². The summed E-state index contributed by atoms with van der Waals surface area (Å²) >= 11 is 0. The Labute approximate surface area is 99.7 Å². The summed E-state index contributed by atoms with van der Waals surface area (Å²) in [5.74, 6) is -0.333. The molecule has 2 rings (SSSR count). The molecule has 2 aliphatic heterocycles. The molecule has 0 bridgehead atoms. The lowest BCUT2D eigenvalue weighted by atomic mass is 10.0. The molecule has 0 spiro atoms. The topological polar surface area (TPSA) is 83.7 Å². The molecule has 2 fully saturated rings. The zero-order valence-electron chi connectivity index (χ0n) is 9.89. The van der Waals surface area contributed by atoms with Crippen LogP contribution in [0.25, 0.3) is 0 Å². The first kappa shape index (κ1) is 12.0. The highest BCUT2D eigenvalue weighted by Crippen LogP contribution is 2.25. The van der Waals surface area contributed by atoms with Crippen molar-refractivity contribution in [3.63, 3.8) is 0 Å². The van der Waals surface area contributed by atoms with E-state index in [0.717, 1.165) is 4.90 Å². The standard InChI is InChI=1S/C11H17N3O3/c1-13-9(15)3-2-8(11(13)17)14-6-7(5-12)4-10(14)16/h7-8H,2-6,12H2,1H3. The van der Waals surface area contributed by atoms with Crippen molar-refractivity contribution >= 4 is 17.7 Å². The van der Waals surface area contributed by atoms with Crippen LogP contribution >= 0.6 is 0 Å². The maximum Gasteiger partial charge on any atom is 0.251 e. The number of piperidine rings is 1. The minimum Gasteiger partial charge on any atom is -0.330 e. The van der Waals surface area contributed by atoms with E-state index in [2.05, 4.69) is 0 Å². The molecule has 0 aromatic heterocycles. The lowest BCUT2D eigenvalue weighted by Gasteiger charge is -2.33. The van der Waals surface area contributed by atoms with Gasteiger partial charge in [0.2, 0.25) is 11.8 Å². The molecule has 2 N–H and O–H groups in total. The highest BCUT2D eigenvalue weighted by molar-refractivity contribution is 6.01. The van der Waals surface area contributed by atoms with Gasteiger partial charge in [-0.1, -0.05) is 0 Å². The summed E-state index contributed by atoms with van der Waals surface area (Å²) in [6.45, 7) is 0.992. The molecule has 2 saturated heterocycles. The molecule has 0 aromatic carbocycles. The molecule has 0 saturated carbocycles. The van der Waals surface area contributed by atoms with Gasteiger partial charge in [0.15, 0.2) is 0 Å². The van der Waals surface area contributed by atoms with E-state index in [9.17, 15) is 14.4 Å². The van der Waals surface area contributed by atoms with E-state index in [1.807, 2.05) is 0 Å². The lowest BCUT2D eigenvalue weighted by molar-refractivity contribution is -0.154. The number of hydrogen-bond acceptors (Lipinski definition) is 4. The zero-order valence-corrected chi connectivity index (χ0v) is 9.89. The smallest absolute Gasteiger partial charge is 0.251 e. The van der Waals surface area contributed by atoms with Gasteiger partial charge in [0, 0.05) is 26.4 Å². The minimum atomic E-state index is -0.471. The van der Waals surface area contributed by atoms with Crippen LogP contribution in [0.1, 0.15) is 19.3 Å². The molecule has 2 atom stereocenters. The molecule has 17 heavy (non-hydrogen) atoms. The summed E-state index contributed by atoms with van der Waals surface area (Å²) in [6, 6.07) is -0.471. The van der Waals surface area contributed by atoms with Gasteiger partial charge in [-0.15, -0.1) is 0 Å². The first-order valence-corrected chi connectivity index (χ1v) is 5.84. The van der Waals surface area contributed by atoms with Gasteiger partial charge in [0.1, 0.15) is 6.04 Å². The Morgan fingerprint density at radius 2 is 2.00 bits per heavy atom. The average Bonchev–Trinajstić information content (AvgIpc) is 2.68. The highest BCUT2D eigenvalue weighted by atomic mass is 16.2. The zero-order chi connectivity index (χ0) is 12.6. The van der Waals surface area contributed by atoms with Crippen molar-refractivity contribution < 1.29 is 14.4 Å². The fourth-order valence-corrected chi connectivity index (χ4v) is 2.45. The van der Waals surface area contributed by atoms with E-state index in [-0.39, 0.29) is 23.6 Å². The van der Waals surface area contributed by atoms with Crippen LogP contribution in [0, 0.1) is 5.92 Å². The van der Waals surface area contributed by atoms with Crippen molar-refractivity contribution in [2.24, 2.45) is 11.7 Å². The Morgan fingerprint density at radius 3 is 2.59 bits per heavy atom. The van der Waals surface area contributed by atoms with Crippen LogP contribution in [0.4, 0.5) is 0 Å². The minimum absolute atomic E-state index is 0.0263. The SMILES string of the molecule is CN1C(=O)CCC(N2CC(CN)CC2=O)C1=O. The molecule has 0 aromatic rings. The molecule has 6 heteroatoms. The normalized spacial score (nSPS) is 30.4. The first-order chi connectivity index (χ1) is 8.04. The van der Waals surface area contributed by atoms with Crippen molar-refractivity contribution in [1.29, 1.82) is 0 Å². The quantitative estimate of drug-likeness (QED) is 0.623. The predicted molar refractivity (Wildman–Crippen MR) is 59.7 cm³/mol. The van der Waals surface area contributed by atoms with Crippen LogP contribution in [0.5, 0.6) is 0 Å². The maximum absolute atomic E-state index is 11.9. The van der Waals surface area contributed by atoms with E-state index < -0.39 is 6.04 Å². The van der Waals surface area contributed by atoms with Crippen LogP contribution in [-0.4, -0.2) is 53.7 Å². The number of amides is 3. The third-order valence-corrected chi connectivity index (χ3v) is 3.57. The third-order valence-electron chi connectivity index (χ3n) is 3.57. The van der Waals surface area contributed by atoms with Crippen molar-refractivity contribution in [2.75, 3.05) is 20.1 Å². The maximum atomic E-state index is 11.9. The summed E-state index contributed by atoms with van der Waals surface area (Å²) < 4.78 is 0. The van der Waals surface area contributed by atoms with E-state index in [0.29, 0.717) is 32.4 Å². The second-order valence-corrected chi connectivity index (χ2v) is 4.70. The summed E-state index contributed by atoms with van der Waals surface area (Å²) in [4.78, 5) is 37.8. The van der Waals surface area contributed by atoms with Gasteiger partial charge >= 0.3 is 0 Å². The van der Waals surface area contributed by atoms with Crippen LogP contribution < -0.4 is 5.73 Å². The number of likely N-dealkylation sites (tertiary alicyclic amines) is 2. The Balaban J connectivity index is 2.10. The summed E-state index contributed by atoms with van der Waals surface area (Å²) in [6.07, 6.45) is 1.17. The van der Waals surface area contributed by atoms with Crippen molar-refractivity contribution in [3.8, 4) is 0 Å². The average molecular weight is 239 g/mol. The van der Waals surface area contributed by atoms with E-state index >= 15 is 0 Å². The number of rotatable bonds is 2. The Morgan fingerprint density at radius 1 is 1.29 bits per heavy atom. The van der Waals surface area contributed by atoms with Gasteiger partial charge in [0.25, 0.3) is 5.91 Å². The highest BCUT2D eigenvalue weighted by Gasteiger charge is 2.41. The Kier molecular flexibility index (Phi) is 3.15. The fourth-order valence-electron chi connectivity index (χ4n) is 2.45. The number of hydrogen-bond donors (Lipinski definition) is 1. The molecular weight excluding hydrogens is 222 g/mol. The van der Waals surface area contributed by atoms with Gasteiger partial charge < -0.3 is 10.6 Å². The largest absolute Gasteiger partial charge is 0.330 e. The summed E-state index contributed by atoms with van der Waals surface area (Å²) in [7, 11) is 1.47. The van der Waals surface area contributed by atoms with E-state index in [1.54, 1.807) is 4.90 Å². The molecule has 0 radical (unpaired) electrons. The lowest BCUT2D eigenvalue weighted by Crippen LogP contribution is -2.53. The predicted octanol–water partition coefficient (Wildman–Crippen LogP) is -1.06. The number of likely N-dealkylation sites (N-methyl/N-ethyl adjacent to an activating group) is 1. The van der Waals surface area contributed by atoms with Crippen molar-refractivity contribution in [3.05, 3.63) is 0 Å². The van der Waals surface area contributed by atoms with Crippen molar-refractivity contribution in [1.82, 2.24) is 9.80 Å². The molecule has 94 valence electrons. The summed E-state index contributed by atoms with van der Waals surface area (Å²) in [5, 5.41) is 0. The van der Waals surface area contributed by atoms with Crippen LogP contribution in [0.3, 0.4) is 0 Å². The number of carbonyl (C=O) groups excluding carboxylic acids is 3. The molecule has 2 unspecified atom stereocenters. The monoisotopic (exact) mass is 239 g/mol. The van der Waals surface area contributed by atoms with Crippen molar-refractivity contribution in [2.45, 2.75) is 25.3 Å². The Hall–Kier alpha value is -1.43. The number of carbonyl (C=O) groups is 3. The first-order valence-electron chi connectivity index (χ1n) is 5.84. The Bertz CT molecular complexity index is 369. The van der Waals surface area contributed by atoms with Crippen LogP contribution in [0.15, 0.2) is 0 Å². The molecule has 3 amide bonds. The van der Waals surface area contributed by atoms with Crippen LogP contribution in [-0.2, 0) is 14.4 Å². The van der Waals surface area contributed by atoms with Gasteiger partial charge in [-0.25, -0.2) is 0 Å². The van der Waals surface area contributed by atoms with Gasteiger partial charge in [-0.05, 0) is 18.9 Å². The van der Waals surface area contributed by atoms with Gasteiger partial charge in [-0.3, -0.25) is 19.3 Å². The molecule has 2 heterocycles. The third kappa shape index (κ3) is 2.04. The van der Waals surface area contributed by atoms with Crippen LogP contribution in [0.2, 0.25) is 0 Å². The van der Waals surface area contributed by atoms with E-state index in [4.69, 9.17) is 5.73 Å². The second-order valence-electron chi connectivity index (χ2n) is 4.70. The summed E-state index contributed by atoms with van der Waals surface area (Å²) in [5.41, 5.74) is 5.54. The molecule has 6 nitrogen and oxygen atoms in total. The second kappa shape index (κ2) is 4.44. The number of nitrogens with zero attached hydrogens (tertiary/aromatic N) is 2. The fraction of sp³-hybridized carbons (Fsp3) is 0.727. The van der Waals surface area contributed by atoms with Gasteiger partial charge in [0.05, 0.1) is 0 Å².